The summed E-state index contributed by atoms with van der Waals surface area (Å²) in [7, 11) is 1.34. The quantitative estimate of drug-likeness (QED) is 0.445. The van der Waals surface area contributed by atoms with Crippen LogP contribution in [0.5, 0.6) is 0 Å². The molecule has 2 heterocycles. The van der Waals surface area contributed by atoms with Gasteiger partial charge < -0.3 is 28.7 Å². The first-order chi connectivity index (χ1) is 13.7. The van der Waals surface area contributed by atoms with Crippen LogP contribution in [-0.2, 0) is 23.7 Å². The lowest BCUT2D eigenvalue weighted by Crippen LogP contribution is -2.49. The average molecular weight is 415 g/mol. The van der Waals surface area contributed by atoms with Crippen molar-refractivity contribution >= 4 is 12.1 Å². The first-order valence-corrected chi connectivity index (χ1v) is 10.7. The topological polar surface area (TPSA) is 77.5 Å². The highest BCUT2D eigenvalue weighted by molar-refractivity contribution is 5.70. The van der Waals surface area contributed by atoms with Crippen molar-refractivity contribution in [3.05, 3.63) is 0 Å². The maximum absolute atomic E-state index is 12.2. The molecule has 1 amide bonds. The molecule has 0 aromatic rings. The van der Waals surface area contributed by atoms with Crippen LogP contribution in [0.4, 0.5) is 4.79 Å². The van der Waals surface area contributed by atoms with Crippen molar-refractivity contribution in [1.29, 1.82) is 0 Å². The van der Waals surface area contributed by atoms with Crippen LogP contribution in [-0.4, -0.2) is 93.7 Å². The highest BCUT2D eigenvalue weighted by Crippen LogP contribution is 2.41. The normalized spacial score (nSPS) is 19.9. The van der Waals surface area contributed by atoms with Crippen LogP contribution < -0.4 is 0 Å². The van der Waals surface area contributed by atoms with Crippen LogP contribution >= 0.6 is 0 Å². The molecular formula is C21H38N2O6. The van der Waals surface area contributed by atoms with E-state index >= 15 is 0 Å². The first-order valence-electron chi connectivity index (χ1n) is 10.7. The van der Waals surface area contributed by atoms with Gasteiger partial charge in [0.05, 0.1) is 26.9 Å². The summed E-state index contributed by atoms with van der Waals surface area (Å²) in [6, 6.07) is 0. The van der Waals surface area contributed by atoms with Gasteiger partial charge >= 0.3 is 12.1 Å². The van der Waals surface area contributed by atoms with E-state index < -0.39 is 5.60 Å². The van der Waals surface area contributed by atoms with Crippen LogP contribution in [0.25, 0.3) is 0 Å². The standard InChI is InChI=1S/C21H38N2O6/c1-20(2,3)29-19(25)23-11-7-21(8-12-23)5-9-22(10-6-21)13-14-27-15-16-28-17-18(24)26-4/h5-17H2,1-4H3. The van der Waals surface area contributed by atoms with Gasteiger partial charge in [0.2, 0.25) is 0 Å². The van der Waals surface area contributed by atoms with E-state index in [1.54, 1.807) is 0 Å². The third-order valence-corrected chi connectivity index (χ3v) is 5.76. The van der Waals surface area contributed by atoms with Crippen LogP contribution in [0.1, 0.15) is 46.5 Å². The zero-order chi connectivity index (χ0) is 21.3. The summed E-state index contributed by atoms with van der Waals surface area (Å²) in [5.41, 5.74) is -0.0648. The number of carbonyl (C=O) groups is 2. The minimum atomic E-state index is -0.437. The van der Waals surface area contributed by atoms with E-state index in [1.165, 1.54) is 20.0 Å². The van der Waals surface area contributed by atoms with Crippen LogP contribution in [0.15, 0.2) is 0 Å². The number of amides is 1. The molecule has 0 atom stereocenters. The van der Waals surface area contributed by atoms with Crippen molar-refractivity contribution in [3.8, 4) is 0 Å². The van der Waals surface area contributed by atoms with E-state index in [-0.39, 0.29) is 18.7 Å². The number of ether oxygens (including phenoxy) is 4. The van der Waals surface area contributed by atoms with Gasteiger partial charge in [0, 0.05) is 19.6 Å². The molecule has 2 saturated heterocycles. The molecule has 1 spiro atoms. The molecule has 0 unspecified atom stereocenters. The van der Waals surface area contributed by atoms with Gasteiger partial charge in [-0.1, -0.05) is 0 Å². The third kappa shape index (κ3) is 8.48. The Morgan fingerprint density at radius 2 is 1.48 bits per heavy atom. The maximum Gasteiger partial charge on any atom is 0.410 e. The molecule has 0 radical (unpaired) electrons. The molecule has 0 bridgehead atoms. The molecule has 168 valence electrons. The summed E-state index contributed by atoms with van der Waals surface area (Å²) < 4.78 is 20.8. The Bertz CT molecular complexity index is 516. The molecule has 8 nitrogen and oxygen atoms in total. The van der Waals surface area contributed by atoms with E-state index in [4.69, 9.17) is 14.2 Å². The van der Waals surface area contributed by atoms with Gasteiger partial charge in [-0.2, -0.15) is 0 Å². The predicted octanol–water partition coefficient (Wildman–Crippen LogP) is 2.31. The van der Waals surface area contributed by atoms with Crippen molar-refractivity contribution in [2.45, 2.75) is 52.1 Å². The van der Waals surface area contributed by atoms with Gasteiger partial charge in [-0.3, -0.25) is 0 Å². The molecule has 0 saturated carbocycles. The zero-order valence-corrected chi connectivity index (χ0v) is 18.5. The van der Waals surface area contributed by atoms with Crippen molar-refractivity contribution < 1.29 is 28.5 Å². The summed E-state index contributed by atoms with van der Waals surface area (Å²) in [6.07, 6.45) is 4.30. The lowest BCUT2D eigenvalue weighted by molar-refractivity contribution is -0.146. The minimum Gasteiger partial charge on any atom is -0.467 e. The number of likely N-dealkylation sites (tertiary alicyclic amines) is 2. The van der Waals surface area contributed by atoms with E-state index in [9.17, 15) is 9.59 Å². The van der Waals surface area contributed by atoms with Gasteiger partial charge in [-0.25, -0.2) is 9.59 Å². The van der Waals surface area contributed by atoms with Crippen LogP contribution in [0.3, 0.4) is 0 Å². The number of rotatable bonds is 8. The molecule has 29 heavy (non-hydrogen) atoms. The van der Waals surface area contributed by atoms with Crippen molar-refractivity contribution in [1.82, 2.24) is 9.80 Å². The first kappa shape index (κ1) is 23.9. The van der Waals surface area contributed by atoms with E-state index in [2.05, 4.69) is 9.64 Å². The van der Waals surface area contributed by atoms with Crippen molar-refractivity contribution in [2.24, 2.45) is 5.41 Å². The fraction of sp³-hybridized carbons (Fsp3) is 0.905. The van der Waals surface area contributed by atoms with Gasteiger partial charge in [-0.05, 0) is 65.0 Å². The fourth-order valence-electron chi connectivity index (χ4n) is 3.87. The van der Waals surface area contributed by atoms with Crippen LogP contribution in [0.2, 0.25) is 0 Å². The van der Waals surface area contributed by atoms with Gasteiger partial charge in [0.1, 0.15) is 12.2 Å². The smallest absolute Gasteiger partial charge is 0.410 e. The Labute approximate surface area is 174 Å². The highest BCUT2D eigenvalue weighted by Gasteiger charge is 2.39. The Hall–Kier alpha value is -1.38. The third-order valence-electron chi connectivity index (χ3n) is 5.76. The summed E-state index contributed by atoms with van der Waals surface area (Å²) in [5, 5.41) is 0. The number of hydrogen-bond donors (Lipinski definition) is 0. The second-order valence-electron chi connectivity index (χ2n) is 9.05. The number of carbonyl (C=O) groups excluding carboxylic acids is 2. The molecular weight excluding hydrogens is 376 g/mol. The number of esters is 1. The Morgan fingerprint density at radius 1 is 0.897 bits per heavy atom. The van der Waals surface area contributed by atoms with Gasteiger partial charge in [0.15, 0.2) is 0 Å². The molecule has 2 fully saturated rings. The molecule has 2 rings (SSSR count). The zero-order valence-electron chi connectivity index (χ0n) is 18.5. The number of nitrogens with zero attached hydrogens (tertiary/aromatic N) is 2. The molecule has 2 aliphatic heterocycles. The predicted molar refractivity (Wildman–Crippen MR) is 109 cm³/mol. The minimum absolute atomic E-state index is 0.0283. The summed E-state index contributed by atoms with van der Waals surface area (Å²) in [5.74, 6) is -0.371. The van der Waals surface area contributed by atoms with Gasteiger partial charge in [-0.15, -0.1) is 0 Å². The number of piperidine rings is 2. The second-order valence-corrected chi connectivity index (χ2v) is 9.05. The Morgan fingerprint density at radius 3 is 2.07 bits per heavy atom. The molecule has 0 aromatic heterocycles. The number of hydrogen-bond acceptors (Lipinski definition) is 7. The fourth-order valence-corrected chi connectivity index (χ4v) is 3.87. The van der Waals surface area contributed by atoms with E-state index in [0.717, 1.165) is 45.6 Å². The largest absolute Gasteiger partial charge is 0.467 e. The summed E-state index contributed by atoms with van der Waals surface area (Å²) in [6.45, 7) is 11.9. The molecule has 0 aromatic carbocycles. The summed E-state index contributed by atoms with van der Waals surface area (Å²) in [4.78, 5) is 27.5. The lowest BCUT2D eigenvalue weighted by atomic mass is 9.71. The average Bonchev–Trinajstić information content (AvgIpc) is 2.67. The summed E-state index contributed by atoms with van der Waals surface area (Å²) >= 11 is 0. The SMILES string of the molecule is COC(=O)COCCOCCN1CCC2(CC1)CCN(C(=O)OC(C)(C)C)CC2. The maximum atomic E-state index is 12.2. The molecule has 8 heteroatoms. The molecule has 0 aliphatic carbocycles. The Kier molecular flexibility index (Phi) is 9.17. The monoisotopic (exact) mass is 414 g/mol. The second kappa shape index (κ2) is 11.1. The van der Waals surface area contributed by atoms with Gasteiger partial charge in [0.25, 0.3) is 0 Å². The van der Waals surface area contributed by atoms with Crippen LogP contribution in [0, 0.1) is 5.41 Å². The Balaban J connectivity index is 1.56. The molecule has 0 N–H and O–H groups in total. The van der Waals surface area contributed by atoms with E-state index in [0.29, 0.717) is 25.2 Å². The highest BCUT2D eigenvalue weighted by atomic mass is 16.6. The molecule has 2 aliphatic rings. The van der Waals surface area contributed by atoms with E-state index in [1.807, 2.05) is 25.7 Å². The number of methoxy groups -OCH3 is 1. The van der Waals surface area contributed by atoms with Crippen molar-refractivity contribution in [3.63, 3.8) is 0 Å². The lowest BCUT2D eigenvalue weighted by Gasteiger charge is -2.46. The van der Waals surface area contributed by atoms with Crippen molar-refractivity contribution in [2.75, 3.05) is 66.3 Å².